The fraction of sp³-hybridized carbons (Fsp3) is 0.571. The SMILES string of the molecule is CC(C)(NCc1ncon1)C(=O)O. The maximum atomic E-state index is 10.7. The van der Waals surface area contributed by atoms with Crippen LogP contribution in [0.15, 0.2) is 10.9 Å². The summed E-state index contributed by atoms with van der Waals surface area (Å²) in [5.41, 5.74) is -0.985. The van der Waals surface area contributed by atoms with E-state index in [1.165, 1.54) is 6.39 Å². The molecule has 0 saturated heterocycles. The van der Waals surface area contributed by atoms with Gasteiger partial charge in [-0.05, 0) is 13.8 Å². The van der Waals surface area contributed by atoms with E-state index in [0.29, 0.717) is 5.82 Å². The van der Waals surface area contributed by atoms with Crippen molar-refractivity contribution in [1.82, 2.24) is 15.5 Å². The zero-order valence-electron chi connectivity index (χ0n) is 7.44. The van der Waals surface area contributed by atoms with E-state index < -0.39 is 11.5 Å². The number of carboxylic acids is 1. The Hall–Kier alpha value is -1.43. The zero-order chi connectivity index (χ0) is 9.90. The first-order valence-corrected chi connectivity index (χ1v) is 3.76. The van der Waals surface area contributed by atoms with Gasteiger partial charge in [-0.3, -0.25) is 10.1 Å². The Balaban J connectivity index is 2.47. The van der Waals surface area contributed by atoms with Crippen molar-refractivity contribution >= 4 is 5.97 Å². The van der Waals surface area contributed by atoms with Crippen LogP contribution in [0.2, 0.25) is 0 Å². The minimum absolute atomic E-state index is 0.274. The maximum Gasteiger partial charge on any atom is 0.323 e. The molecule has 0 aromatic carbocycles. The second kappa shape index (κ2) is 3.53. The fourth-order valence-corrected chi connectivity index (χ4v) is 0.646. The van der Waals surface area contributed by atoms with E-state index in [9.17, 15) is 4.79 Å². The highest BCUT2D eigenvalue weighted by atomic mass is 16.5. The number of aliphatic carboxylic acids is 1. The minimum Gasteiger partial charge on any atom is -0.480 e. The summed E-state index contributed by atoms with van der Waals surface area (Å²) >= 11 is 0. The van der Waals surface area contributed by atoms with Gasteiger partial charge in [0.25, 0.3) is 0 Å². The van der Waals surface area contributed by atoms with Gasteiger partial charge in [-0.1, -0.05) is 5.16 Å². The number of carboxylic acid groups (broad SMARTS) is 1. The zero-order valence-corrected chi connectivity index (χ0v) is 7.44. The number of aromatic nitrogens is 2. The van der Waals surface area contributed by atoms with Crippen LogP contribution in [0.1, 0.15) is 19.7 Å². The predicted molar refractivity (Wildman–Crippen MR) is 42.9 cm³/mol. The molecule has 0 atom stereocenters. The molecule has 1 aromatic heterocycles. The van der Waals surface area contributed by atoms with Gasteiger partial charge in [0.1, 0.15) is 5.54 Å². The summed E-state index contributed by atoms with van der Waals surface area (Å²) in [6.07, 6.45) is 1.20. The molecule has 0 unspecified atom stereocenters. The average Bonchev–Trinajstić information content (AvgIpc) is 2.52. The van der Waals surface area contributed by atoms with Crippen molar-refractivity contribution in [1.29, 1.82) is 0 Å². The first-order chi connectivity index (χ1) is 6.02. The molecular weight excluding hydrogens is 174 g/mol. The molecular formula is C7H11N3O3. The first kappa shape index (κ1) is 9.66. The second-order valence-electron chi connectivity index (χ2n) is 3.13. The number of rotatable bonds is 4. The van der Waals surface area contributed by atoms with E-state index in [1.807, 2.05) is 0 Å². The van der Waals surface area contributed by atoms with Crippen LogP contribution in [0.3, 0.4) is 0 Å². The van der Waals surface area contributed by atoms with Gasteiger partial charge in [0.2, 0.25) is 6.39 Å². The fourth-order valence-electron chi connectivity index (χ4n) is 0.646. The summed E-state index contributed by atoms with van der Waals surface area (Å²) < 4.78 is 4.49. The molecule has 6 heteroatoms. The number of hydrogen-bond donors (Lipinski definition) is 2. The maximum absolute atomic E-state index is 10.7. The lowest BCUT2D eigenvalue weighted by atomic mass is 10.1. The van der Waals surface area contributed by atoms with Crippen LogP contribution in [0.5, 0.6) is 0 Å². The molecule has 1 rings (SSSR count). The van der Waals surface area contributed by atoms with Gasteiger partial charge in [-0.15, -0.1) is 0 Å². The summed E-state index contributed by atoms with van der Waals surface area (Å²) in [5.74, 6) is -0.481. The average molecular weight is 185 g/mol. The lowest BCUT2D eigenvalue weighted by Crippen LogP contribution is -2.46. The second-order valence-corrected chi connectivity index (χ2v) is 3.13. The van der Waals surface area contributed by atoms with E-state index in [2.05, 4.69) is 20.0 Å². The Kier molecular flexibility index (Phi) is 2.62. The molecule has 13 heavy (non-hydrogen) atoms. The molecule has 0 saturated carbocycles. The lowest BCUT2D eigenvalue weighted by Gasteiger charge is -2.19. The topological polar surface area (TPSA) is 88.3 Å². The normalized spacial score (nSPS) is 11.5. The molecule has 0 bridgehead atoms. The summed E-state index contributed by atoms with van der Waals surface area (Å²) in [4.78, 5) is 14.4. The van der Waals surface area contributed by atoms with Gasteiger partial charge in [-0.2, -0.15) is 4.98 Å². The summed E-state index contributed by atoms with van der Waals surface area (Å²) in [5, 5.41) is 15.1. The Morgan fingerprint density at radius 3 is 2.92 bits per heavy atom. The number of nitrogens with one attached hydrogen (secondary N) is 1. The van der Waals surface area contributed by atoms with Crippen molar-refractivity contribution in [3.05, 3.63) is 12.2 Å². The Morgan fingerprint density at radius 2 is 2.46 bits per heavy atom. The minimum atomic E-state index is -0.985. The van der Waals surface area contributed by atoms with E-state index in [0.717, 1.165) is 0 Å². The van der Waals surface area contributed by atoms with Crippen molar-refractivity contribution < 1.29 is 14.4 Å². The molecule has 6 nitrogen and oxygen atoms in total. The summed E-state index contributed by atoms with van der Waals surface area (Å²) in [7, 11) is 0. The summed E-state index contributed by atoms with van der Waals surface area (Å²) in [6.45, 7) is 3.40. The molecule has 0 amide bonds. The van der Waals surface area contributed by atoms with Crippen LogP contribution in [0.25, 0.3) is 0 Å². The highest BCUT2D eigenvalue weighted by molar-refractivity contribution is 5.77. The van der Waals surface area contributed by atoms with Crippen LogP contribution >= 0.6 is 0 Å². The van der Waals surface area contributed by atoms with Crippen molar-refractivity contribution in [2.75, 3.05) is 0 Å². The van der Waals surface area contributed by atoms with Gasteiger partial charge >= 0.3 is 5.97 Å². The number of nitrogens with zero attached hydrogens (tertiary/aromatic N) is 2. The van der Waals surface area contributed by atoms with Crippen molar-refractivity contribution in [3.63, 3.8) is 0 Å². The molecule has 0 aliphatic heterocycles. The molecule has 0 radical (unpaired) electrons. The smallest absolute Gasteiger partial charge is 0.323 e. The van der Waals surface area contributed by atoms with Crippen LogP contribution in [-0.4, -0.2) is 26.8 Å². The third-order valence-corrected chi connectivity index (χ3v) is 1.63. The van der Waals surface area contributed by atoms with Gasteiger partial charge in [0, 0.05) is 0 Å². The molecule has 1 heterocycles. The molecule has 72 valence electrons. The van der Waals surface area contributed by atoms with Crippen LogP contribution in [-0.2, 0) is 11.3 Å². The van der Waals surface area contributed by atoms with Gasteiger partial charge in [0.05, 0.1) is 6.54 Å². The molecule has 2 N–H and O–H groups in total. The molecule has 0 aliphatic rings. The highest BCUT2D eigenvalue weighted by Gasteiger charge is 2.26. The van der Waals surface area contributed by atoms with Crippen LogP contribution < -0.4 is 5.32 Å². The number of carbonyl (C=O) groups is 1. The van der Waals surface area contributed by atoms with E-state index in [1.54, 1.807) is 13.8 Å². The Labute approximate surface area is 74.9 Å². The highest BCUT2D eigenvalue weighted by Crippen LogP contribution is 2.02. The van der Waals surface area contributed by atoms with Crippen molar-refractivity contribution in [3.8, 4) is 0 Å². The van der Waals surface area contributed by atoms with Gasteiger partial charge in [0.15, 0.2) is 5.82 Å². The third kappa shape index (κ3) is 2.51. The third-order valence-electron chi connectivity index (χ3n) is 1.63. The van der Waals surface area contributed by atoms with Gasteiger partial charge in [-0.25, -0.2) is 0 Å². The number of hydrogen-bond acceptors (Lipinski definition) is 5. The molecule has 0 spiro atoms. The van der Waals surface area contributed by atoms with Gasteiger partial charge < -0.3 is 9.63 Å². The van der Waals surface area contributed by atoms with E-state index >= 15 is 0 Å². The van der Waals surface area contributed by atoms with E-state index in [4.69, 9.17) is 5.11 Å². The standard InChI is InChI=1S/C7H11N3O3/c1-7(2,6(11)12)9-3-5-8-4-13-10-5/h4,9H,3H2,1-2H3,(H,11,12). The molecule has 0 fully saturated rings. The monoisotopic (exact) mass is 185 g/mol. The molecule has 0 aliphatic carbocycles. The quantitative estimate of drug-likeness (QED) is 0.687. The predicted octanol–water partition coefficient (Wildman–Crippen LogP) is 0.0224. The largest absolute Gasteiger partial charge is 0.480 e. The Bertz CT molecular complexity index is 281. The molecule has 1 aromatic rings. The van der Waals surface area contributed by atoms with Crippen molar-refractivity contribution in [2.24, 2.45) is 0 Å². The Morgan fingerprint density at radius 1 is 1.77 bits per heavy atom. The van der Waals surface area contributed by atoms with Crippen LogP contribution in [0.4, 0.5) is 0 Å². The summed E-state index contributed by atoms with van der Waals surface area (Å²) in [6, 6.07) is 0. The lowest BCUT2D eigenvalue weighted by molar-refractivity contribution is -0.143. The first-order valence-electron chi connectivity index (χ1n) is 3.76. The van der Waals surface area contributed by atoms with Crippen LogP contribution in [0, 0.1) is 0 Å². The van der Waals surface area contributed by atoms with Crippen molar-refractivity contribution in [2.45, 2.75) is 25.9 Å². The van der Waals surface area contributed by atoms with E-state index in [-0.39, 0.29) is 6.54 Å².